The van der Waals surface area contributed by atoms with Gasteiger partial charge in [-0.05, 0) is 63.7 Å². The summed E-state index contributed by atoms with van der Waals surface area (Å²) in [4.78, 5) is 15.4. The second-order valence-corrected chi connectivity index (χ2v) is 7.98. The molecule has 1 saturated heterocycles. The number of guanidine groups is 1. The summed E-state index contributed by atoms with van der Waals surface area (Å²) in [6.45, 7) is 8.65. The summed E-state index contributed by atoms with van der Waals surface area (Å²) in [6, 6.07) is 3.82. The van der Waals surface area contributed by atoms with Gasteiger partial charge in [0.05, 0.1) is 12.2 Å². The minimum absolute atomic E-state index is 0.524. The van der Waals surface area contributed by atoms with E-state index in [1.54, 1.807) is 0 Å². The molecule has 0 bridgehead atoms. The maximum Gasteiger partial charge on any atom is 0.208 e. The Kier molecular flexibility index (Phi) is 7.89. The molecule has 0 saturated carbocycles. The third-order valence-electron chi connectivity index (χ3n) is 5.42. The van der Waals surface area contributed by atoms with E-state index in [4.69, 9.17) is 16.0 Å². The molecule has 1 aliphatic rings. The van der Waals surface area contributed by atoms with Crippen molar-refractivity contribution < 1.29 is 4.42 Å². The summed E-state index contributed by atoms with van der Waals surface area (Å²) in [5, 5.41) is 7.35. The van der Waals surface area contributed by atoms with E-state index in [1.807, 2.05) is 39.2 Å². The smallest absolute Gasteiger partial charge is 0.208 e. The summed E-state index contributed by atoms with van der Waals surface area (Å²) < 4.78 is 5.71. The number of rotatable bonds is 7. The van der Waals surface area contributed by atoms with Gasteiger partial charge >= 0.3 is 0 Å². The molecule has 2 N–H and O–H groups in total. The fourth-order valence-electron chi connectivity index (χ4n) is 3.49. The van der Waals surface area contributed by atoms with Gasteiger partial charge in [-0.15, -0.1) is 0 Å². The molecule has 3 heterocycles. The Bertz CT molecular complexity index is 777. The molecular weight excluding hydrogens is 388 g/mol. The molecule has 7 nitrogen and oxygen atoms in total. The standard InChI is InChI=1S/C21H31ClN6O/c1-15-16(2)29-20(27-15)14-28-10-7-18(8-11-28)13-26-21(23-3)24-9-6-17-4-5-19(22)25-12-17/h4-5,12,18H,6-11,13-14H2,1-3H3,(H2,23,24,26). The van der Waals surface area contributed by atoms with Crippen molar-refractivity contribution in [2.45, 2.75) is 39.7 Å². The van der Waals surface area contributed by atoms with Gasteiger partial charge in [-0.2, -0.15) is 0 Å². The van der Waals surface area contributed by atoms with Gasteiger partial charge in [0.25, 0.3) is 0 Å². The minimum Gasteiger partial charge on any atom is -0.444 e. The molecule has 29 heavy (non-hydrogen) atoms. The Morgan fingerprint density at radius 1 is 1.28 bits per heavy atom. The third-order valence-corrected chi connectivity index (χ3v) is 5.64. The Hall–Kier alpha value is -2.12. The minimum atomic E-state index is 0.524. The summed E-state index contributed by atoms with van der Waals surface area (Å²) >= 11 is 5.82. The number of aryl methyl sites for hydroxylation is 2. The lowest BCUT2D eigenvalue weighted by molar-refractivity contribution is 0.164. The fourth-order valence-corrected chi connectivity index (χ4v) is 3.60. The predicted molar refractivity (Wildman–Crippen MR) is 116 cm³/mol. The predicted octanol–water partition coefficient (Wildman–Crippen LogP) is 2.96. The van der Waals surface area contributed by atoms with E-state index in [0.717, 1.165) is 68.0 Å². The number of halogens is 1. The molecule has 2 aromatic heterocycles. The topological polar surface area (TPSA) is 78.6 Å². The number of piperidine rings is 1. The number of pyridine rings is 1. The quantitative estimate of drug-likeness (QED) is 0.409. The molecule has 1 aliphatic heterocycles. The lowest BCUT2D eigenvalue weighted by atomic mass is 9.97. The number of aromatic nitrogens is 2. The largest absolute Gasteiger partial charge is 0.444 e. The maximum atomic E-state index is 5.82. The monoisotopic (exact) mass is 418 g/mol. The van der Waals surface area contributed by atoms with Crippen LogP contribution in [0, 0.1) is 19.8 Å². The second kappa shape index (κ2) is 10.6. The van der Waals surface area contributed by atoms with Crippen LogP contribution < -0.4 is 10.6 Å². The molecule has 0 radical (unpaired) electrons. The van der Waals surface area contributed by atoms with Gasteiger partial charge in [0.1, 0.15) is 10.9 Å². The van der Waals surface area contributed by atoms with E-state index in [-0.39, 0.29) is 0 Å². The third kappa shape index (κ3) is 6.72. The highest BCUT2D eigenvalue weighted by atomic mass is 35.5. The first-order valence-corrected chi connectivity index (χ1v) is 10.6. The normalized spacial score (nSPS) is 16.2. The molecule has 1 fully saturated rings. The van der Waals surface area contributed by atoms with E-state index >= 15 is 0 Å². The van der Waals surface area contributed by atoms with E-state index in [2.05, 4.69) is 30.5 Å². The van der Waals surface area contributed by atoms with Crippen LogP contribution in [0.2, 0.25) is 5.15 Å². The first-order chi connectivity index (χ1) is 14.0. The number of hydrogen-bond acceptors (Lipinski definition) is 5. The molecule has 0 aliphatic carbocycles. The van der Waals surface area contributed by atoms with Crippen molar-refractivity contribution in [1.29, 1.82) is 0 Å². The Morgan fingerprint density at radius 3 is 2.69 bits per heavy atom. The van der Waals surface area contributed by atoms with Crippen LogP contribution in [0.15, 0.2) is 27.7 Å². The van der Waals surface area contributed by atoms with Crippen LogP contribution in [-0.2, 0) is 13.0 Å². The zero-order valence-electron chi connectivity index (χ0n) is 17.5. The van der Waals surface area contributed by atoms with Crippen LogP contribution in [0.1, 0.15) is 35.7 Å². The van der Waals surface area contributed by atoms with Gasteiger partial charge in [-0.3, -0.25) is 9.89 Å². The molecule has 2 aromatic rings. The molecular formula is C21H31ClN6O. The van der Waals surface area contributed by atoms with Crippen LogP contribution in [0.5, 0.6) is 0 Å². The van der Waals surface area contributed by atoms with E-state index in [1.165, 1.54) is 12.8 Å². The Morgan fingerprint density at radius 2 is 2.07 bits per heavy atom. The number of likely N-dealkylation sites (tertiary alicyclic amines) is 1. The zero-order chi connectivity index (χ0) is 20.6. The van der Waals surface area contributed by atoms with Crippen LogP contribution in [-0.4, -0.2) is 54.1 Å². The summed E-state index contributed by atoms with van der Waals surface area (Å²) in [6.07, 6.45) is 5.02. The maximum absolute atomic E-state index is 5.82. The number of oxazole rings is 1. The number of nitrogens with one attached hydrogen (secondary N) is 2. The lowest BCUT2D eigenvalue weighted by Crippen LogP contribution is -2.43. The van der Waals surface area contributed by atoms with Gasteiger partial charge in [-0.25, -0.2) is 9.97 Å². The highest BCUT2D eigenvalue weighted by molar-refractivity contribution is 6.29. The number of nitrogens with zero attached hydrogens (tertiary/aromatic N) is 4. The first kappa shape index (κ1) is 21.6. The van der Waals surface area contributed by atoms with Crippen LogP contribution in [0.3, 0.4) is 0 Å². The van der Waals surface area contributed by atoms with Gasteiger partial charge in [0, 0.05) is 26.3 Å². The van der Waals surface area contributed by atoms with Gasteiger partial charge in [0.15, 0.2) is 5.96 Å². The molecule has 0 atom stereocenters. The highest BCUT2D eigenvalue weighted by Gasteiger charge is 2.21. The molecule has 3 rings (SSSR count). The van der Waals surface area contributed by atoms with Crippen LogP contribution >= 0.6 is 11.6 Å². The molecule has 8 heteroatoms. The molecule has 0 spiro atoms. The van der Waals surface area contributed by atoms with Crippen molar-refractivity contribution in [2.75, 3.05) is 33.2 Å². The van der Waals surface area contributed by atoms with E-state index in [9.17, 15) is 0 Å². The zero-order valence-corrected chi connectivity index (χ0v) is 18.3. The number of aliphatic imine (C=N–C) groups is 1. The van der Waals surface area contributed by atoms with Crippen molar-refractivity contribution in [3.63, 3.8) is 0 Å². The summed E-state index contributed by atoms with van der Waals surface area (Å²) in [5.41, 5.74) is 2.14. The van der Waals surface area contributed by atoms with E-state index in [0.29, 0.717) is 11.1 Å². The van der Waals surface area contributed by atoms with Crippen molar-refractivity contribution in [1.82, 2.24) is 25.5 Å². The fraction of sp³-hybridized carbons (Fsp3) is 0.571. The van der Waals surface area contributed by atoms with Crippen molar-refractivity contribution in [2.24, 2.45) is 10.9 Å². The van der Waals surface area contributed by atoms with Gasteiger partial charge < -0.3 is 15.1 Å². The second-order valence-electron chi connectivity index (χ2n) is 7.59. The van der Waals surface area contributed by atoms with Gasteiger partial charge in [0.2, 0.25) is 5.89 Å². The first-order valence-electron chi connectivity index (χ1n) is 10.2. The summed E-state index contributed by atoms with van der Waals surface area (Å²) in [5.74, 6) is 3.25. The highest BCUT2D eigenvalue weighted by Crippen LogP contribution is 2.19. The average molecular weight is 419 g/mol. The molecule has 0 aromatic carbocycles. The van der Waals surface area contributed by atoms with Crippen molar-refractivity contribution >= 4 is 17.6 Å². The van der Waals surface area contributed by atoms with Gasteiger partial charge in [-0.1, -0.05) is 17.7 Å². The van der Waals surface area contributed by atoms with Crippen molar-refractivity contribution in [3.05, 3.63) is 46.4 Å². The number of hydrogen-bond donors (Lipinski definition) is 2. The average Bonchev–Trinajstić information content (AvgIpc) is 3.04. The van der Waals surface area contributed by atoms with E-state index < -0.39 is 0 Å². The van der Waals surface area contributed by atoms with Crippen LogP contribution in [0.4, 0.5) is 0 Å². The lowest BCUT2D eigenvalue weighted by Gasteiger charge is -2.31. The van der Waals surface area contributed by atoms with Crippen molar-refractivity contribution in [3.8, 4) is 0 Å². The summed E-state index contributed by atoms with van der Waals surface area (Å²) in [7, 11) is 1.81. The Balaban J connectivity index is 1.33. The molecule has 0 amide bonds. The Labute approximate surface area is 178 Å². The SMILES string of the molecule is CN=C(NCCc1ccc(Cl)nc1)NCC1CCN(Cc2nc(C)c(C)o2)CC1. The molecule has 0 unspecified atom stereocenters. The molecule has 158 valence electrons. The van der Waals surface area contributed by atoms with Crippen LogP contribution in [0.25, 0.3) is 0 Å².